The van der Waals surface area contributed by atoms with Crippen LogP contribution in [0.2, 0.25) is 0 Å². The van der Waals surface area contributed by atoms with Crippen molar-refractivity contribution in [1.29, 1.82) is 0 Å². The van der Waals surface area contributed by atoms with E-state index in [1.807, 2.05) is 0 Å². The zero-order valence-corrected chi connectivity index (χ0v) is 9.61. The standard InChI is InChI=1S/C13H20N2/c1-10-4-3-5-11(8-10)13(9-14)15(2)12-6-7-12/h3-5,8,12-13H,6-7,9,14H2,1-2H3. The monoisotopic (exact) mass is 204 g/mol. The van der Waals surface area contributed by atoms with Crippen LogP contribution < -0.4 is 5.73 Å². The van der Waals surface area contributed by atoms with Crippen LogP contribution in [0.3, 0.4) is 0 Å². The molecule has 1 unspecified atom stereocenters. The summed E-state index contributed by atoms with van der Waals surface area (Å²) >= 11 is 0. The minimum absolute atomic E-state index is 0.386. The average molecular weight is 204 g/mol. The summed E-state index contributed by atoms with van der Waals surface area (Å²) in [6.45, 7) is 2.84. The SMILES string of the molecule is Cc1cccc(C(CN)N(C)C2CC2)c1. The molecule has 2 N–H and O–H groups in total. The van der Waals surface area contributed by atoms with E-state index in [2.05, 4.69) is 43.1 Å². The maximum atomic E-state index is 5.88. The second-order valence-electron chi connectivity index (χ2n) is 4.56. The molecule has 0 aliphatic heterocycles. The van der Waals surface area contributed by atoms with Crippen LogP contribution in [0, 0.1) is 6.92 Å². The molecule has 1 aliphatic carbocycles. The zero-order valence-electron chi connectivity index (χ0n) is 9.61. The molecule has 0 spiro atoms. The number of nitrogens with two attached hydrogens (primary N) is 1. The number of hydrogen-bond acceptors (Lipinski definition) is 2. The van der Waals surface area contributed by atoms with Crippen molar-refractivity contribution in [1.82, 2.24) is 4.90 Å². The largest absolute Gasteiger partial charge is 0.329 e. The third-order valence-corrected chi connectivity index (χ3v) is 3.26. The summed E-state index contributed by atoms with van der Waals surface area (Å²) in [7, 11) is 2.19. The highest BCUT2D eigenvalue weighted by Crippen LogP contribution is 2.32. The van der Waals surface area contributed by atoms with E-state index in [0.29, 0.717) is 12.6 Å². The summed E-state index contributed by atoms with van der Waals surface area (Å²) < 4.78 is 0. The Morgan fingerprint density at radius 2 is 2.20 bits per heavy atom. The number of likely N-dealkylation sites (N-methyl/N-ethyl adjacent to an activating group) is 1. The molecule has 0 radical (unpaired) electrons. The maximum Gasteiger partial charge on any atom is 0.0470 e. The lowest BCUT2D eigenvalue weighted by Gasteiger charge is -2.27. The molecule has 1 fully saturated rings. The van der Waals surface area contributed by atoms with Gasteiger partial charge in [-0.05, 0) is 32.4 Å². The van der Waals surface area contributed by atoms with E-state index in [-0.39, 0.29) is 0 Å². The number of hydrogen-bond donors (Lipinski definition) is 1. The van der Waals surface area contributed by atoms with Gasteiger partial charge in [-0.3, -0.25) is 4.90 Å². The van der Waals surface area contributed by atoms with Crippen LogP contribution in [0.5, 0.6) is 0 Å². The molecule has 82 valence electrons. The fraction of sp³-hybridized carbons (Fsp3) is 0.538. The van der Waals surface area contributed by atoms with Crippen molar-refractivity contribution in [3.05, 3.63) is 35.4 Å². The highest BCUT2D eigenvalue weighted by Gasteiger charge is 2.30. The fourth-order valence-electron chi connectivity index (χ4n) is 2.15. The van der Waals surface area contributed by atoms with Gasteiger partial charge in [0.1, 0.15) is 0 Å². The lowest BCUT2D eigenvalue weighted by molar-refractivity contribution is 0.240. The van der Waals surface area contributed by atoms with E-state index in [1.54, 1.807) is 0 Å². The number of rotatable bonds is 4. The predicted molar refractivity (Wildman–Crippen MR) is 63.8 cm³/mol. The molecule has 1 aromatic rings. The van der Waals surface area contributed by atoms with Crippen LogP contribution in [-0.4, -0.2) is 24.5 Å². The summed E-state index contributed by atoms with van der Waals surface area (Å²) in [4.78, 5) is 2.43. The smallest absolute Gasteiger partial charge is 0.0470 e. The van der Waals surface area contributed by atoms with Gasteiger partial charge in [-0.15, -0.1) is 0 Å². The Morgan fingerprint density at radius 3 is 2.73 bits per heavy atom. The Bertz CT molecular complexity index is 331. The van der Waals surface area contributed by atoms with E-state index in [9.17, 15) is 0 Å². The second-order valence-corrected chi connectivity index (χ2v) is 4.56. The molecule has 1 atom stereocenters. The van der Waals surface area contributed by atoms with Crippen molar-refractivity contribution in [2.75, 3.05) is 13.6 Å². The molecule has 15 heavy (non-hydrogen) atoms. The number of aryl methyl sites for hydroxylation is 1. The van der Waals surface area contributed by atoms with Crippen molar-refractivity contribution in [2.45, 2.75) is 31.8 Å². The number of nitrogens with zero attached hydrogens (tertiary/aromatic N) is 1. The van der Waals surface area contributed by atoms with Crippen molar-refractivity contribution >= 4 is 0 Å². The van der Waals surface area contributed by atoms with Gasteiger partial charge in [0.15, 0.2) is 0 Å². The normalized spacial score (nSPS) is 18.1. The Hall–Kier alpha value is -0.860. The predicted octanol–water partition coefficient (Wildman–Crippen LogP) is 2.09. The average Bonchev–Trinajstić information content (AvgIpc) is 3.02. The first-order valence-electron chi connectivity index (χ1n) is 5.71. The van der Waals surface area contributed by atoms with Crippen LogP contribution in [0.15, 0.2) is 24.3 Å². The molecule has 1 aromatic carbocycles. The van der Waals surface area contributed by atoms with E-state index in [4.69, 9.17) is 5.73 Å². The van der Waals surface area contributed by atoms with Crippen molar-refractivity contribution < 1.29 is 0 Å². The zero-order chi connectivity index (χ0) is 10.8. The quantitative estimate of drug-likeness (QED) is 0.813. The lowest BCUT2D eigenvalue weighted by Crippen LogP contribution is -2.32. The molecule has 0 bridgehead atoms. The van der Waals surface area contributed by atoms with E-state index in [0.717, 1.165) is 6.04 Å². The van der Waals surface area contributed by atoms with Gasteiger partial charge in [-0.2, -0.15) is 0 Å². The third-order valence-electron chi connectivity index (χ3n) is 3.26. The van der Waals surface area contributed by atoms with Crippen molar-refractivity contribution in [3.63, 3.8) is 0 Å². The van der Waals surface area contributed by atoms with Crippen LogP contribution in [-0.2, 0) is 0 Å². The first kappa shape index (κ1) is 10.7. The minimum Gasteiger partial charge on any atom is -0.329 e. The van der Waals surface area contributed by atoms with Crippen molar-refractivity contribution in [2.24, 2.45) is 5.73 Å². The van der Waals surface area contributed by atoms with Gasteiger partial charge in [0.25, 0.3) is 0 Å². The molecule has 1 aliphatic rings. The molecule has 2 nitrogen and oxygen atoms in total. The van der Waals surface area contributed by atoms with Gasteiger partial charge in [0.2, 0.25) is 0 Å². The first-order valence-corrected chi connectivity index (χ1v) is 5.71. The van der Waals surface area contributed by atoms with Crippen LogP contribution in [0.4, 0.5) is 0 Å². The Kier molecular flexibility index (Phi) is 3.08. The molecule has 0 saturated heterocycles. The first-order chi connectivity index (χ1) is 7.22. The third kappa shape index (κ3) is 2.39. The van der Waals surface area contributed by atoms with E-state index >= 15 is 0 Å². The Labute approximate surface area is 92.1 Å². The topological polar surface area (TPSA) is 29.3 Å². The minimum atomic E-state index is 0.386. The molecule has 0 amide bonds. The Balaban J connectivity index is 2.17. The highest BCUT2D eigenvalue weighted by atomic mass is 15.2. The summed E-state index contributed by atoms with van der Waals surface area (Å²) in [6.07, 6.45) is 2.66. The molecule has 0 heterocycles. The molecule has 2 rings (SSSR count). The van der Waals surface area contributed by atoms with Gasteiger partial charge in [-0.1, -0.05) is 29.8 Å². The van der Waals surface area contributed by atoms with Gasteiger partial charge in [0, 0.05) is 18.6 Å². The van der Waals surface area contributed by atoms with E-state index < -0.39 is 0 Å². The molecule has 0 aromatic heterocycles. The van der Waals surface area contributed by atoms with Gasteiger partial charge in [-0.25, -0.2) is 0 Å². The summed E-state index contributed by atoms with van der Waals surface area (Å²) in [5.74, 6) is 0. The highest BCUT2D eigenvalue weighted by molar-refractivity contribution is 5.25. The number of benzene rings is 1. The molecule has 1 saturated carbocycles. The van der Waals surface area contributed by atoms with E-state index in [1.165, 1.54) is 24.0 Å². The van der Waals surface area contributed by atoms with Crippen LogP contribution in [0.25, 0.3) is 0 Å². The van der Waals surface area contributed by atoms with Gasteiger partial charge >= 0.3 is 0 Å². The summed E-state index contributed by atoms with van der Waals surface area (Å²) in [6, 6.07) is 9.83. The summed E-state index contributed by atoms with van der Waals surface area (Å²) in [5.41, 5.74) is 8.55. The molecule has 2 heteroatoms. The van der Waals surface area contributed by atoms with Crippen LogP contribution in [0.1, 0.15) is 30.0 Å². The van der Waals surface area contributed by atoms with Crippen molar-refractivity contribution in [3.8, 4) is 0 Å². The fourth-order valence-corrected chi connectivity index (χ4v) is 2.15. The lowest BCUT2D eigenvalue weighted by atomic mass is 10.0. The van der Waals surface area contributed by atoms with Gasteiger partial charge in [0.05, 0.1) is 0 Å². The van der Waals surface area contributed by atoms with Crippen LogP contribution >= 0.6 is 0 Å². The molecular formula is C13H20N2. The molecular weight excluding hydrogens is 184 g/mol. The Morgan fingerprint density at radius 1 is 1.47 bits per heavy atom. The second kappa shape index (κ2) is 4.33. The maximum absolute atomic E-state index is 5.88. The summed E-state index contributed by atoms with van der Waals surface area (Å²) in [5, 5.41) is 0. The van der Waals surface area contributed by atoms with Gasteiger partial charge < -0.3 is 5.73 Å².